The molecule has 0 aliphatic carbocycles. The molecule has 0 bridgehead atoms. The number of anilines is 1. The second kappa shape index (κ2) is 10.6. The number of carbonyl (C=O) groups is 1. The Kier molecular flexibility index (Phi) is 7.78. The molecule has 3 aromatic rings. The third-order valence-electron chi connectivity index (χ3n) is 7.09. The summed E-state index contributed by atoms with van der Waals surface area (Å²) in [6.07, 6.45) is -5.24. The molecular weight excluding hydrogens is 604 g/mol. The molecule has 2 aliphatic heterocycles. The van der Waals surface area contributed by atoms with Crippen molar-refractivity contribution in [1.29, 1.82) is 0 Å². The van der Waals surface area contributed by atoms with E-state index < -0.39 is 40.0 Å². The summed E-state index contributed by atoms with van der Waals surface area (Å²) in [6.45, 7) is 9.50. The van der Waals surface area contributed by atoms with Gasteiger partial charge in [0, 0.05) is 46.9 Å². The molecule has 0 unspecified atom stereocenters. The van der Waals surface area contributed by atoms with Crippen molar-refractivity contribution in [2.24, 2.45) is 0 Å². The zero-order valence-corrected chi connectivity index (χ0v) is 25.4. The first kappa shape index (κ1) is 30.0. The van der Waals surface area contributed by atoms with Crippen molar-refractivity contribution in [3.8, 4) is 0 Å². The highest BCUT2D eigenvalue weighted by molar-refractivity contribution is 7.99. The van der Waals surface area contributed by atoms with Gasteiger partial charge in [-0.25, -0.2) is 14.0 Å². The van der Waals surface area contributed by atoms with Crippen LogP contribution in [0.3, 0.4) is 0 Å². The van der Waals surface area contributed by atoms with Gasteiger partial charge in [-0.15, -0.1) is 23.1 Å². The number of piperazine rings is 1. The Labute approximate surface area is 247 Å². The number of thioether (sulfide) groups is 1. The zero-order chi connectivity index (χ0) is 30.0. The molecule has 0 spiro atoms. The number of rotatable bonds is 2. The molecule has 2 aromatic heterocycles. The quantitative estimate of drug-likeness (QED) is 0.284. The summed E-state index contributed by atoms with van der Waals surface area (Å²) < 4.78 is 63.4. The van der Waals surface area contributed by atoms with E-state index in [-0.39, 0.29) is 59.3 Å². The second-order valence-corrected chi connectivity index (χ2v) is 13.8. The number of hydrogen-bond donors (Lipinski definition) is 0. The van der Waals surface area contributed by atoms with Crippen LogP contribution in [0.5, 0.6) is 0 Å². The van der Waals surface area contributed by atoms with E-state index in [0.717, 1.165) is 17.8 Å². The van der Waals surface area contributed by atoms with Crippen molar-refractivity contribution in [2.75, 3.05) is 23.7 Å². The molecule has 5 rings (SSSR count). The average molecular weight is 633 g/mol. The van der Waals surface area contributed by atoms with E-state index in [0.29, 0.717) is 10.6 Å². The SMILES string of the molecule is C[C@@H]1CN(c2nc(=O)n3c4c(c(Cl)c(C(F)(F)F)cc24)SC[C@H](c2cc(F)cs2)C3)C[C@H](C)N1C(=O)OC(C)(C)C. The normalized spacial score (nSPS) is 21.8. The Morgan fingerprint density at radius 2 is 1.78 bits per heavy atom. The second-order valence-electron chi connectivity index (χ2n) is 11.5. The highest BCUT2D eigenvalue weighted by Crippen LogP contribution is 2.48. The molecule has 1 saturated heterocycles. The van der Waals surface area contributed by atoms with Crippen molar-refractivity contribution in [3.05, 3.63) is 49.3 Å². The maximum absolute atomic E-state index is 14.2. The summed E-state index contributed by atoms with van der Waals surface area (Å²) in [7, 11) is 0. The van der Waals surface area contributed by atoms with Crippen LogP contribution >= 0.6 is 34.7 Å². The van der Waals surface area contributed by atoms with Gasteiger partial charge in [-0.3, -0.25) is 9.47 Å². The lowest BCUT2D eigenvalue weighted by molar-refractivity contribution is -0.137. The molecule has 1 aromatic carbocycles. The summed E-state index contributed by atoms with van der Waals surface area (Å²) in [5.74, 6) is -0.338. The Morgan fingerprint density at radius 1 is 1.12 bits per heavy atom. The van der Waals surface area contributed by atoms with Crippen LogP contribution in [0.1, 0.15) is 51.0 Å². The lowest BCUT2D eigenvalue weighted by Gasteiger charge is -2.45. The summed E-state index contributed by atoms with van der Waals surface area (Å²) in [5, 5.41) is 1.02. The number of aromatic nitrogens is 2. The van der Waals surface area contributed by atoms with E-state index in [1.165, 1.54) is 27.4 Å². The average Bonchev–Trinajstić information content (AvgIpc) is 3.15. The van der Waals surface area contributed by atoms with Crippen LogP contribution in [-0.4, -0.2) is 57.1 Å². The van der Waals surface area contributed by atoms with E-state index in [4.69, 9.17) is 16.3 Å². The van der Waals surface area contributed by atoms with Gasteiger partial charge in [0.15, 0.2) is 0 Å². The number of alkyl halides is 3. The maximum Gasteiger partial charge on any atom is 0.417 e. The van der Waals surface area contributed by atoms with Crippen molar-refractivity contribution < 1.29 is 27.1 Å². The van der Waals surface area contributed by atoms with Crippen LogP contribution < -0.4 is 10.6 Å². The molecule has 0 saturated carbocycles. The number of thiophene rings is 1. The minimum Gasteiger partial charge on any atom is -0.444 e. The minimum absolute atomic E-state index is 0.105. The molecule has 222 valence electrons. The highest BCUT2D eigenvalue weighted by Gasteiger charge is 2.40. The van der Waals surface area contributed by atoms with E-state index >= 15 is 0 Å². The van der Waals surface area contributed by atoms with Crippen LogP contribution in [0.25, 0.3) is 10.9 Å². The minimum atomic E-state index is -4.75. The van der Waals surface area contributed by atoms with Crippen molar-refractivity contribution >= 4 is 57.5 Å². The molecule has 0 N–H and O–H groups in total. The van der Waals surface area contributed by atoms with Gasteiger partial charge in [-0.2, -0.15) is 18.2 Å². The van der Waals surface area contributed by atoms with E-state index in [2.05, 4.69) is 4.98 Å². The fourth-order valence-electron chi connectivity index (χ4n) is 5.46. The smallest absolute Gasteiger partial charge is 0.417 e. The zero-order valence-electron chi connectivity index (χ0n) is 23.0. The van der Waals surface area contributed by atoms with Crippen molar-refractivity contribution in [2.45, 2.75) is 75.8 Å². The summed E-state index contributed by atoms with van der Waals surface area (Å²) in [4.78, 5) is 34.9. The lowest BCUT2D eigenvalue weighted by atomic mass is 10.1. The highest BCUT2D eigenvalue weighted by atomic mass is 35.5. The number of nitrogens with zero attached hydrogens (tertiary/aromatic N) is 4. The predicted octanol–water partition coefficient (Wildman–Crippen LogP) is 6.99. The monoisotopic (exact) mass is 632 g/mol. The predicted molar refractivity (Wildman–Crippen MR) is 153 cm³/mol. The molecule has 1 fully saturated rings. The van der Waals surface area contributed by atoms with E-state index in [9.17, 15) is 27.2 Å². The van der Waals surface area contributed by atoms with Gasteiger partial charge in [0.05, 0.1) is 33.1 Å². The van der Waals surface area contributed by atoms with E-state index in [1.807, 2.05) is 13.8 Å². The van der Waals surface area contributed by atoms with Gasteiger partial charge in [-0.1, -0.05) is 11.6 Å². The Morgan fingerprint density at radius 3 is 2.34 bits per heavy atom. The number of amides is 1. The summed E-state index contributed by atoms with van der Waals surface area (Å²) >= 11 is 8.70. The lowest BCUT2D eigenvalue weighted by Crippen LogP contribution is -2.59. The summed E-state index contributed by atoms with van der Waals surface area (Å²) in [5.41, 5.74) is -2.08. The largest absolute Gasteiger partial charge is 0.444 e. The molecule has 7 nitrogen and oxygen atoms in total. The number of benzene rings is 1. The standard InChI is InChI=1S/C27H29ClF4N4O3S2/c1-13-8-34(9-14(2)36(13)25(38)39-26(3,4)5)23-17-7-18(27(30,31)32)20(28)22-21(17)35(24(37)33-23)10-15(11-41-22)19-6-16(29)12-40-19/h6-7,12-15H,8-11H2,1-5H3/t13-,14+,15-/m1/s1. The van der Waals surface area contributed by atoms with Crippen LogP contribution in [-0.2, 0) is 17.5 Å². The summed E-state index contributed by atoms with van der Waals surface area (Å²) in [6, 6.07) is 1.57. The number of ether oxygens (including phenoxy) is 1. The van der Waals surface area contributed by atoms with Crippen LogP contribution in [0.15, 0.2) is 27.2 Å². The molecular formula is C27H29ClF4N4O3S2. The van der Waals surface area contributed by atoms with Gasteiger partial charge >= 0.3 is 18.0 Å². The first-order valence-corrected chi connectivity index (χ1v) is 15.3. The maximum atomic E-state index is 14.2. The van der Waals surface area contributed by atoms with Crippen LogP contribution in [0.2, 0.25) is 5.02 Å². The number of carbonyl (C=O) groups excluding carboxylic acids is 1. The third-order valence-corrected chi connectivity index (χ3v) is 9.91. The fourth-order valence-corrected chi connectivity index (χ4v) is 8.07. The molecule has 1 amide bonds. The topological polar surface area (TPSA) is 67.7 Å². The number of hydrogen-bond acceptors (Lipinski definition) is 7. The van der Waals surface area contributed by atoms with Gasteiger partial charge in [-0.05, 0) is 46.8 Å². The Balaban J connectivity index is 1.63. The van der Waals surface area contributed by atoms with Crippen molar-refractivity contribution in [3.63, 3.8) is 0 Å². The molecule has 3 atom stereocenters. The third kappa shape index (κ3) is 5.77. The fraction of sp³-hybridized carbons (Fsp3) is 0.519. The van der Waals surface area contributed by atoms with E-state index in [1.54, 1.807) is 30.6 Å². The molecule has 41 heavy (non-hydrogen) atoms. The van der Waals surface area contributed by atoms with Gasteiger partial charge in [0.1, 0.15) is 17.2 Å². The Bertz CT molecular complexity index is 1560. The first-order chi connectivity index (χ1) is 19.0. The van der Waals surface area contributed by atoms with Gasteiger partial charge < -0.3 is 9.64 Å². The van der Waals surface area contributed by atoms with Gasteiger partial charge in [0.25, 0.3) is 0 Å². The van der Waals surface area contributed by atoms with Crippen molar-refractivity contribution in [1.82, 2.24) is 14.5 Å². The number of halogens is 5. The molecule has 14 heteroatoms. The molecule has 2 aliphatic rings. The first-order valence-electron chi connectivity index (χ1n) is 13.0. The van der Waals surface area contributed by atoms with Gasteiger partial charge in [0.2, 0.25) is 0 Å². The van der Waals surface area contributed by atoms with Crippen LogP contribution in [0, 0.1) is 5.82 Å². The molecule has 0 radical (unpaired) electrons. The van der Waals surface area contributed by atoms with Crippen LogP contribution in [0.4, 0.5) is 28.2 Å². The Hall–Kier alpha value is -2.51. The molecule has 4 heterocycles.